The Kier molecular flexibility index (Phi) is 4.81. The molecule has 2 atom stereocenters. The lowest BCUT2D eigenvalue weighted by atomic mass is 9.99. The zero-order chi connectivity index (χ0) is 20.9. The largest absolute Gasteiger partial charge is 0.354 e. The number of halogens is 1. The number of nitrogens with one attached hydrogen (secondary N) is 1. The molecule has 0 aromatic carbocycles. The van der Waals surface area contributed by atoms with Crippen molar-refractivity contribution in [3.63, 3.8) is 0 Å². The molecule has 2 unspecified atom stereocenters. The lowest BCUT2D eigenvalue weighted by Crippen LogP contribution is -2.42. The number of pyridine rings is 1. The third-order valence-corrected chi connectivity index (χ3v) is 7.60. The fourth-order valence-electron chi connectivity index (χ4n) is 4.84. The molecule has 6 rings (SSSR count). The van der Waals surface area contributed by atoms with Crippen LogP contribution >= 0.6 is 23.4 Å². The monoisotopic (exact) mass is 451 g/mol. The van der Waals surface area contributed by atoms with E-state index in [1.54, 1.807) is 12.4 Å². The first-order valence-corrected chi connectivity index (χ1v) is 11.9. The molecule has 2 fully saturated rings. The van der Waals surface area contributed by atoms with Gasteiger partial charge in [-0.25, -0.2) is 19.9 Å². The van der Waals surface area contributed by atoms with Crippen molar-refractivity contribution >= 4 is 45.4 Å². The Balaban J connectivity index is 1.40. The summed E-state index contributed by atoms with van der Waals surface area (Å²) in [6.45, 7) is 5.21. The Morgan fingerprint density at radius 3 is 2.97 bits per heavy atom. The Bertz CT molecular complexity index is 1200. The minimum absolute atomic E-state index is 0.526. The van der Waals surface area contributed by atoms with Gasteiger partial charge in [-0.3, -0.25) is 4.98 Å². The molecule has 2 bridgehead atoms. The fourth-order valence-corrected chi connectivity index (χ4v) is 6.01. The Morgan fingerprint density at radius 1 is 1.19 bits per heavy atom. The molecule has 0 amide bonds. The second-order valence-electron chi connectivity index (χ2n) is 8.38. The van der Waals surface area contributed by atoms with Gasteiger partial charge in [-0.1, -0.05) is 18.5 Å². The predicted molar refractivity (Wildman–Crippen MR) is 122 cm³/mol. The molecule has 7 nitrogen and oxygen atoms in total. The predicted octanol–water partition coefficient (Wildman–Crippen LogP) is 3.68. The summed E-state index contributed by atoms with van der Waals surface area (Å²) in [5.41, 5.74) is 4.73. The molecule has 0 saturated carbocycles. The number of allylic oxidation sites excluding steroid dienone is 1. The van der Waals surface area contributed by atoms with Crippen LogP contribution in [0, 0.1) is 5.92 Å². The molecule has 5 heterocycles. The molecule has 2 saturated heterocycles. The van der Waals surface area contributed by atoms with E-state index >= 15 is 0 Å². The van der Waals surface area contributed by atoms with E-state index in [2.05, 4.69) is 32.1 Å². The van der Waals surface area contributed by atoms with E-state index in [1.165, 1.54) is 23.8 Å². The summed E-state index contributed by atoms with van der Waals surface area (Å²) in [5.74, 6) is 1.64. The minimum atomic E-state index is 0.526. The second-order valence-corrected chi connectivity index (χ2v) is 9.80. The first-order chi connectivity index (χ1) is 15.2. The zero-order valence-corrected chi connectivity index (χ0v) is 18.7. The van der Waals surface area contributed by atoms with Gasteiger partial charge in [0.05, 0.1) is 16.3 Å². The normalized spacial score (nSPS) is 22.5. The zero-order valence-electron chi connectivity index (χ0n) is 17.2. The van der Waals surface area contributed by atoms with Crippen molar-refractivity contribution in [1.82, 2.24) is 30.2 Å². The average molecular weight is 452 g/mol. The molecule has 1 N–H and O–H groups in total. The van der Waals surface area contributed by atoms with Crippen LogP contribution in [0.15, 0.2) is 40.3 Å². The summed E-state index contributed by atoms with van der Waals surface area (Å²) >= 11 is 8.34. The van der Waals surface area contributed by atoms with Gasteiger partial charge in [-0.2, -0.15) is 0 Å². The van der Waals surface area contributed by atoms with E-state index in [0.717, 1.165) is 70.2 Å². The summed E-state index contributed by atoms with van der Waals surface area (Å²) in [6, 6.07) is 2.52. The Morgan fingerprint density at radius 2 is 2.10 bits per heavy atom. The van der Waals surface area contributed by atoms with E-state index in [0.29, 0.717) is 17.6 Å². The summed E-state index contributed by atoms with van der Waals surface area (Å²) in [6.07, 6.45) is 8.12. The molecule has 0 radical (unpaired) electrons. The summed E-state index contributed by atoms with van der Waals surface area (Å²) in [5, 5.41) is 5.21. The molecule has 0 spiro atoms. The van der Waals surface area contributed by atoms with Gasteiger partial charge >= 0.3 is 0 Å². The van der Waals surface area contributed by atoms with Crippen LogP contribution in [0.5, 0.6) is 0 Å². The van der Waals surface area contributed by atoms with E-state index < -0.39 is 0 Å². The van der Waals surface area contributed by atoms with Gasteiger partial charge in [0.2, 0.25) is 0 Å². The molecule has 158 valence electrons. The molecular weight excluding hydrogens is 430 g/mol. The standard InChI is InChI=1S/C22H22ClN7S/c1-2-13-6-16-18(19(13)23)21(30-10-12-5-14(11-30)26-8-12)29-22(28-16)31-15-7-17-20(27-9-15)25-4-3-24-17/h3-4,7,9,12,14,26H,2,5-6,8,10-11H2,1H3. The van der Waals surface area contributed by atoms with E-state index in [4.69, 9.17) is 21.6 Å². The first kappa shape index (κ1) is 19.4. The number of anilines is 1. The highest BCUT2D eigenvalue weighted by molar-refractivity contribution is 7.99. The van der Waals surface area contributed by atoms with Crippen molar-refractivity contribution in [2.75, 3.05) is 24.5 Å². The van der Waals surface area contributed by atoms with Crippen LogP contribution in [0.1, 0.15) is 31.0 Å². The van der Waals surface area contributed by atoms with Gasteiger partial charge in [0, 0.05) is 55.6 Å². The first-order valence-electron chi connectivity index (χ1n) is 10.7. The second kappa shape index (κ2) is 7.69. The van der Waals surface area contributed by atoms with Crippen LogP contribution in [-0.4, -0.2) is 50.6 Å². The number of piperidine rings is 1. The number of rotatable bonds is 4. The molecule has 2 aliphatic heterocycles. The Labute approximate surface area is 189 Å². The van der Waals surface area contributed by atoms with Gasteiger partial charge in [0.1, 0.15) is 11.3 Å². The van der Waals surface area contributed by atoms with E-state index in [-0.39, 0.29) is 0 Å². The van der Waals surface area contributed by atoms with Gasteiger partial charge < -0.3 is 10.2 Å². The number of hydrogen-bond donors (Lipinski definition) is 1. The molecule has 1 aliphatic carbocycles. The smallest absolute Gasteiger partial charge is 0.194 e. The van der Waals surface area contributed by atoms with Crippen molar-refractivity contribution in [2.45, 2.75) is 42.3 Å². The minimum Gasteiger partial charge on any atom is -0.354 e. The van der Waals surface area contributed by atoms with Gasteiger partial charge in [-0.15, -0.1) is 0 Å². The van der Waals surface area contributed by atoms with Crippen LogP contribution in [0.2, 0.25) is 0 Å². The highest BCUT2D eigenvalue weighted by Crippen LogP contribution is 2.43. The number of hydrogen-bond acceptors (Lipinski definition) is 8. The van der Waals surface area contributed by atoms with Crippen LogP contribution < -0.4 is 10.2 Å². The quantitative estimate of drug-likeness (QED) is 0.602. The fraction of sp³-hybridized carbons (Fsp3) is 0.409. The van der Waals surface area contributed by atoms with Gasteiger partial charge in [-0.05, 0) is 42.2 Å². The lowest BCUT2D eigenvalue weighted by molar-refractivity contribution is 0.471. The van der Waals surface area contributed by atoms with Crippen molar-refractivity contribution in [3.8, 4) is 0 Å². The topological polar surface area (TPSA) is 79.7 Å². The molecule has 3 aromatic heterocycles. The Hall–Kier alpha value is -2.29. The lowest BCUT2D eigenvalue weighted by Gasteiger charge is -2.33. The third kappa shape index (κ3) is 3.46. The van der Waals surface area contributed by atoms with E-state index in [1.807, 2.05) is 12.3 Å². The maximum atomic E-state index is 6.82. The van der Waals surface area contributed by atoms with Crippen molar-refractivity contribution in [3.05, 3.63) is 41.5 Å². The highest BCUT2D eigenvalue weighted by atomic mass is 35.5. The SMILES string of the molecule is CCC1=C(Cl)c2c(nc(Sc3cnc4nccnc4c3)nc2N2CC3CNC(C3)C2)C1. The summed E-state index contributed by atoms with van der Waals surface area (Å²) in [7, 11) is 0. The van der Waals surface area contributed by atoms with Crippen molar-refractivity contribution in [2.24, 2.45) is 5.92 Å². The maximum absolute atomic E-state index is 6.82. The average Bonchev–Trinajstić information content (AvgIpc) is 3.30. The van der Waals surface area contributed by atoms with Gasteiger partial charge in [0.15, 0.2) is 10.8 Å². The van der Waals surface area contributed by atoms with Crippen molar-refractivity contribution < 1.29 is 0 Å². The van der Waals surface area contributed by atoms with Crippen LogP contribution in [0.3, 0.4) is 0 Å². The summed E-state index contributed by atoms with van der Waals surface area (Å²) < 4.78 is 0. The molecule has 9 heteroatoms. The highest BCUT2D eigenvalue weighted by Gasteiger charge is 2.36. The van der Waals surface area contributed by atoms with Crippen molar-refractivity contribution in [1.29, 1.82) is 0 Å². The van der Waals surface area contributed by atoms with Crippen LogP contribution in [-0.2, 0) is 6.42 Å². The summed E-state index contributed by atoms with van der Waals surface area (Å²) in [4.78, 5) is 26.3. The molecule has 3 aliphatic rings. The molecule has 31 heavy (non-hydrogen) atoms. The van der Waals surface area contributed by atoms with Crippen LogP contribution in [0.4, 0.5) is 5.82 Å². The number of fused-ring (bicyclic) bond motifs is 4. The number of aromatic nitrogens is 5. The van der Waals surface area contributed by atoms with Gasteiger partial charge in [0.25, 0.3) is 0 Å². The third-order valence-electron chi connectivity index (χ3n) is 6.32. The van der Waals surface area contributed by atoms with Crippen LogP contribution in [0.25, 0.3) is 16.2 Å². The maximum Gasteiger partial charge on any atom is 0.194 e. The molecule has 3 aromatic rings. The molecular formula is C22H22ClN7S. The van der Waals surface area contributed by atoms with E-state index in [9.17, 15) is 0 Å². The number of nitrogens with zero attached hydrogens (tertiary/aromatic N) is 6.